The summed E-state index contributed by atoms with van der Waals surface area (Å²) < 4.78 is 2.24. The topological polar surface area (TPSA) is 29.9 Å². The number of nitrogens with one attached hydrogen (secondary N) is 1. The van der Waals surface area contributed by atoms with Crippen LogP contribution in [-0.2, 0) is 0 Å². The molecule has 94 valence electrons. The second kappa shape index (κ2) is 4.48. The Kier molecular flexibility index (Phi) is 2.82. The molecular formula is C15H19N3. The molecule has 0 atom stereocenters. The zero-order valence-electron chi connectivity index (χ0n) is 10.9. The third-order valence-corrected chi connectivity index (χ3v) is 3.42. The number of hydrogen-bond donors (Lipinski definition) is 1. The summed E-state index contributed by atoms with van der Waals surface area (Å²) in [5.74, 6) is 1.51. The van der Waals surface area contributed by atoms with E-state index >= 15 is 0 Å². The molecule has 1 aliphatic rings. The van der Waals surface area contributed by atoms with Gasteiger partial charge in [0.15, 0.2) is 0 Å². The molecule has 0 saturated heterocycles. The summed E-state index contributed by atoms with van der Waals surface area (Å²) >= 11 is 0. The van der Waals surface area contributed by atoms with Crippen molar-refractivity contribution in [2.24, 2.45) is 0 Å². The Bertz CT molecular complexity index is 538. The van der Waals surface area contributed by atoms with Gasteiger partial charge in [0.25, 0.3) is 0 Å². The first-order chi connectivity index (χ1) is 8.74. The SMILES string of the molecule is CC(C)c1cccc(Nc2nccn2C2CC2)c1. The van der Waals surface area contributed by atoms with Crippen LogP contribution in [0, 0.1) is 0 Å². The fourth-order valence-electron chi connectivity index (χ4n) is 2.16. The van der Waals surface area contributed by atoms with E-state index < -0.39 is 0 Å². The number of nitrogens with zero attached hydrogens (tertiary/aromatic N) is 2. The van der Waals surface area contributed by atoms with Crippen LogP contribution in [0.1, 0.15) is 44.2 Å². The number of anilines is 2. The van der Waals surface area contributed by atoms with E-state index in [9.17, 15) is 0 Å². The highest BCUT2D eigenvalue weighted by Gasteiger charge is 2.25. The number of hydrogen-bond acceptors (Lipinski definition) is 2. The van der Waals surface area contributed by atoms with E-state index in [2.05, 4.69) is 59.2 Å². The summed E-state index contributed by atoms with van der Waals surface area (Å²) in [7, 11) is 0. The molecule has 1 aromatic heterocycles. The second-order valence-corrected chi connectivity index (χ2v) is 5.29. The summed E-state index contributed by atoms with van der Waals surface area (Å²) in [5, 5.41) is 3.42. The highest BCUT2D eigenvalue weighted by Crippen LogP contribution is 2.37. The average molecular weight is 241 g/mol. The van der Waals surface area contributed by atoms with Gasteiger partial charge in [0, 0.05) is 24.1 Å². The van der Waals surface area contributed by atoms with E-state index in [1.807, 2.05) is 6.20 Å². The molecule has 0 radical (unpaired) electrons. The largest absolute Gasteiger partial charge is 0.326 e. The van der Waals surface area contributed by atoms with E-state index in [4.69, 9.17) is 0 Å². The summed E-state index contributed by atoms with van der Waals surface area (Å²) in [5.41, 5.74) is 2.47. The monoisotopic (exact) mass is 241 g/mol. The van der Waals surface area contributed by atoms with Crippen molar-refractivity contribution in [3.05, 3.63) is 42.2 Å². The first-order valence-electron chi connectivity index (χ1n) is 6.64. The lowest BCUT2D eigenvalue weighted by atomic mass is 10.0. The lowest BCUT2D eigenvalue weighted by molar-refractivity contribution is 0.751. The maximum absolute atomic E-state index is 4.40. The van der Waals surface area contributed by atoms with Crippen molar-refractivity contribution >= 4 is 11.6 Å². The standard InChI is InChI=1S/C15H19N3/c1-11(2)12-4-3-5-13(10-12)17-15-16-8-9-18(15)14-6-7-14/h3-5,8-11,14H,6-7H2,1-2H3,(H,16,17). The van der Waals surface area contributed by atoms with Gasteiger partial charge in [-0.15, -0.1) is 0 Å². The van der Waals surface area contributed by atoms with E-state index in [1.165, 1.54) is 18.4 Å². The van der Waals surface area contributed by atoms with Crippen LogP contribution >= 0.6 is 0 Å². The fraction of sp³-hybridized carbons (Fsp3) is 0.400. The van der Waals surface area contributed by atoms with Gasteiger partial charge in [-0.25, -0.2) is 4.98 Å². The van der Waals surface area contributed by atoms with Crippen LogP contribution in [0.5, 0.6) is 0 Å². The highest BCUT2D eigenvalue weighted by atomic mass is 15.2. The molecule has 0 bridgehead atoms. The Morgan fingerprint density at radius 1 is 1.33 bits per heavy atom. The van der Waals surface area contributed by atoms with Crippen LogP contribution < -0.4 is 5.32 Å². The van der Waals surface area contributed by atoms with Gasteiger partial charge in [-0.1, -0.05) is 26.0 Å². The van der Waals surface area contributed by atoms with Crippen LogP contribution in [0.25, 0.3) is 0 Å². The molecule has 3 heteroatoms. The van der Waals surface area contributed by atoms with Crippen LogP contribution in [0.3, 0.4) is 0 Å². The Labute approximate surface area is 108 Å². The molecule has 0 amide bonds. The summed E-state index contributed by atoms with van der Waals surface area (Å²) in [6.45, 7) is 4.43. The zero-order chi connectivity index (χ0) is 12.5. The van der Waals surface area contributed by atoms with E-state index in [1.54, 1.807) is 0 Å². The smallest absolute Gasteiger partial charge is 0.207 e. The van der Waals surface area contributed by atoms with E-state index in [0.29, 0.717) is 12.0 Å². The molecule has 2 aromatic rings. The Balaban J connectivity index is 1.83. The third kappa shape index (κ3) is 2.26. The summed E-state index contributed by atoms with van der Waals surface area (Å²) in [6.07, 6.45) is 6.48. The van der Waals surface area contributed by atoms with Crippen molar-refractivity contribution in [1.29, 1.82) is 0 Å². The maximum atomic E-state index is 4.40. The van der Waals surface area contributed by atoms with Crippen molar-refractivity contribution in [2.45, 2.75) is 38.6 Å². The van der Waals surface area contributed by atoms with Gasteiger partial charge in [0.1, 0.15) is 0 Å². The van der Waals surface area contributed by atoms with Crippen molar-refractivity contribution in [3.8, 4) is 0 Å². The van der Waals surface area contributed by atoms with Gasteiger partial charge < -0.3 is 9.88 Å². The van der Waals surface area contributed by atoms with Crippen molar-refractivity contribution in [1.82, 2.24) is 9.55 Å². The minimum atomic E-state index is 0.551. The van der Waals surface area contributed by atoms with E-state index in [-0.39, 0.29) is 0 Å². The van der Waals surface area contributed by atoms with E-state index in [0.717, 1.165) is 11.6 Å². The van der Waals surface area contributed by atoms with Crippen LogP contribution in [0.15, 0.2) is 36.7 Å². The molecule has 1 aliphatic carbocycles. The Morgan fingerprint density at radius 2 is 2.17 bits per heavy atom. The molecule has 0 spiro atoms. The fourth-order valence-corrected chi connectivity index (χ4v) is 2.16. The lowest BCUT2D eigenvalue weighted by Gasteiger charge is -2.11. The Morgan fingerprint density at radius 3 is 2.89 bits per heavy atom. The normalized spacial score (nSPS) is 15.1. The molecule has 3 nitrogen and oxygen atoms in total. The van der Waals surface area contributed by atoms with Gasteiger partial charge >= 0.3 is 0 Å². The number of aromatic nitrogens is 2. The van der Waals surface area contributed by atoms with Gasteiger partial charge in [-0.05, 0) is 36.5 Å². The summed E-state index contributed by atoms with van der Waals surface area (Å²) in [6, 6.07) is 9.22. The summed E-state index contributed by atoms with van der Waals surface area (Å²) in [4.78, 5) is 4.40. The molecule has 1 aromatic carbocycles. The second-order valence-electron chi connectivity index (χ2n) is 5.29. The Hall–Kier alpha value is -1.77. The van der Waals surface area contributed by atoms with Gasteiger partial charge in [0.05, 0.1) is 0 Å². The third-order valence-electron chi connectivity index (χ3n) is 3.42. The highest BCUT2D eigenvalue weighted by molar-refractivity contribution is 5.55. The van der Waals surface area contributed by atoms with Crippen molar-refractivity contribution in [3.63, 3.8) is 0 Å². The quantitative estimate of drug-likeness (QED) is 0.874. The minimum absolute atomic E-state index is 0.551. The van der Waals surface area contributed by atoms with Gasteiger partial charge in [0.2, 0.25) is 5.95 Å². The molecule has 1 heterocycles. The zero-order valence-corrected chi connectivity index (χ0v) is 10.9. The molecule has 0 aliphatic heterocycles. The molecule has 1 saturated carbocycles. The number of rotatable bonds is 4. The van der Waals surface area contributed by atoms with Crippen molar-refractivity contribution in [2.75, 3.05) is 5.32 Å². The molecule has 3 rings (SSSR count). The van der Waals surface area contributed by atoms with Gasteiger partial charge in [-0.3, -0.25) is 0 Å². The van der Waals surface area contributed by atoms with Crippen LogP contribution in [0.4, 0.5) is 11.6 Å². The molecule has 1 N–H and O–H groups in total. The van der Waals surface area contributed by atoms with Crippen LogP contribution in [0.2, 0.25) is 0 Å². The lowest BCUT2D eigenvalue weighted by Crippen LogP contribution is -2.01. The molecule has 1 fully saturated rings. The molecular weight excluding hydrogens is 222 g/mol. The average Bonchev–Trinajstić information content (AvgIpc) is 3.11. The molecule has 18 heavy (non-hydrogen) atoms. The predicted molar refractivity (Wildman–Crippen MR) is 74.3 cm³/mol. The van der Waals surface area contributed by atoms with Crippen molar-refractivity contribution < 1.29 is 0 Å². The number of imidazole rings is 1. The molecule has 0 unspecified atom stereocenters. The number of benzene rings is 1. The van der Waals surface area contributed by atoms with Crippen LogP contribution in [-0.4, -0.2) is 9.55 Å². The first kappa shape index (κ1) is 11.3. The first-order valence-corrected chi connectivity index (χ1v) is 6.64. The van der Waals surface area contributed by atoms with Gasteiger partial charge in [-0.2, -0.15) is 0 Å². The maximum Gasteiger partial charge on any atom is 0.207 e. The minimum Gasteiger partial charge on any atom is -0.326 e. The predicted octanol–water partition coefficient (Wildman–Crippen LogP) is 4.09.